The molecule has 0 aliphatic heterocycles. The van der Waals surface area contributed by atoms with Crippen LogP contribution in [0.3, 0.4) is 0 Å². The molecule has 0 aliphatic rings. The van der Waals surface area contributed by atoms with E-state index in [0.717, 1.165) is 0 Å². The van der Waals surface area contributed by atoms with Crippen LogP contribution in [0.25, 0.3) is 0 Å². The van der Waals surface area contributed by atoms with Gasteiger partial charge in [-0.2, -0.15) is 15.4 Å². The fourth-order valence-corrected chi connectivity index (χ4v) is 1.04. The summed E-state index contributed by atoms with van der Waals surface area (Å²) in [5.74, 6) is -0.746. The molecular weight excluding hydrogens is 265 g/mol. The number of hydrogen-bond acceptors (Lipinski definition) is 3. The first-order valence-electron chi connectivity index (χ1n) is 4.18. The quantitative estimate of drug-likeness (QED) is 0.806. The molecule has 78 valence electrons. The Morgan fingerprint density at radius 3 is 2.56 bits per heavy atom. The summed E-state index contributed by atoms with van der Waals surface area (Å²) in [6, 6.07) is 5.46. The molecule has 1 amide bonds. The van der Waals surface area contributed by atoms with E-state index in [4.69, 9.17) is 0 Å². The van der Waals surface area contributed by atoms with Gasteiger partial charge in [0.25, 0.3) is 5.91 Å². The van der Waals surface area contributed by atoms with E-state index in [9.17, 15) is 9.18 Å². The van der Waals surface area contributed by atoms with E-state index in [-0.39, 0.29) is 31.0 Å². The van der Waals surface area contributed by atoms with Crippen LogP contribution in [0.15, 0.2) is 30.5 Å². The van der Waals surface area contributed by atoms with Gasteiger partial charge in [0, 0.05) is 25.2 Å². The third kappa shape index (κ3) is 2.93. The predicted molar refractivity (Wildman–Crippen MR) is 50.7 cm³/mol. The van der Waals surface area contributed by atoms with Crippen molar-refractivity contribution >= 4 is 11.6 Å². The van der Waals surface area contributed by atoms with Gasteiger partial charge in [-0.15, -0.1) is 0 Å². The molecule has 0 aliphatic carbocycles. The van der Waals surface area contributed by atoms with Crippen molar-refractivity contribution in [2.75, 3.05) is 5.32 Å². The number of anilines is 1. The maximum absolute atomic E-state index is 12.6. The van der Waals surface area contributed by atoms with Crippen molar-refractivity contribution in [2.24, 2.45) is 0 Å². The van der Waals surface area contributed by atoms with Crippen molar-refractivity contribution in [3.05, 3.63) is 42.0 Å². The second kappa shape index (κ2) is 5.46. The summed E-state index contributed by atoms with van der Waals surface area (Å²) >= 11 is 0. The van der Waals surface area contributed by atoms with E-state index in [2.05, 4.69) is 20.7 Å². The van der Waals surface area contributed by atoms with Crippen LogP contribution in [0.4, 0.5) is 10.1 Å². The number of amides is 1. The topological polar surface area (TPSA) is 70.7 Å². The molecule has 2 N–H and O–H groups in total. The van der Waals surface area contributed by atoms with Crippen molar-refractivity contribution in [1.29, 1.82) is 0 Å². The van der Waals surface area contributed by atoms with Gasteiger partial charge in [-0.25, -0.2) is 4.39 Å². The molecule has 0 spiro atoms. The van der Waals surface area contributed by atoms with Gasteiger partial charge in [-0.05, 0) is 24.3 Å². The predicted octanol–water partition coefficient (Wildman–Crippen LogP) is 1.19. The zero-order chi connectivity index (χ0) is 10.7. The van der Waals surface area contributed by atoms with Crippen molar-refractivity contribution < 1.29 is 28.7 Å². The molecule has 0 fully saturated rings. The first-order valence-corrected chi connectivity index (χ1v) is 4.18. The molecule has 2 aromatic rings. The van der Waals surface area contributed by atoms with Crippen molar-refractivity contribution in [2.45, 2.75) is 0 Å². The van der Waals surface area contributed by atoms with Gasteiger partial charge in [-0.3, -0.25) is 4.79 Å². The minimum absolute atomic E-state index is 0. The Balaban J connectivity index is 0.00000128. The maximum Gasteiger partial charge on any atom is 0.277 e. The number of halogens is 1. The molecular formula is C9H7FN4OZn. The van der Waals surface area contributed by atoms with E-state index in [1.54, 1.807) is 0 Å². The first-order chi connectivity index (χ1) is 7.25. The van der Waals surface area contributed by atoms with E-state index in [1.807, 2.05) is 0 Å². The smallest absolute Gasteiger partial charge is 0.277 e. The summed E-state index contributed by atoms with van der Waals surface area (Å²) < 4.78 is 12.6. The second-order valence-electron chi connectivity index (χ2n) is 2.82. The molecule has 5 nitrogen and oxygen atoms in total. The number of H-pyrrole nitrogens is 1. The van der Waals surface area contributed by atoms with Gasteiger partial charge < -0.3 is 5.32 Å². The van der Waals surface area contributed by atoms with Crippen molar-refractivity contribution in [3.8, 4) is 0 Å². The molecule has 0 saturated heterocycles. The maximum atomic E-state index is 12.6. The second-order valence-corrected chi connectivity index (χ2v) is 2.82. The van der Waals surface area contributed by atoms with Gasteiger partial charge in [0.2, 0.25) is 0 Å². The van der Waals surface area contributed by atoms with Gasteiger partial charge in [0.05, 0.1) is 6.20 Å². The molecule has 0 atom stereocenters. The van der Waals surface area contributed by atoms with Crippen LogP contribution < -0.4 is 5.32 Å². The number of carbonyl (C=O) groups excluding carboxylic acids is 1. The van der Waals surface area contributed by atoms with Gasteiger partial charge in [0.15, 0.2) is 5.69 Å². The van der Waals surface area contributed by atoms with E-state index >= 15 is 0 Å². The molecule has 0 saturated carbocycles. The molecule has 1 heterocycles. The van der Waals surface area contributed by atoms with Crippen LogP contribution in [0.5, 0.6) is 0 Å². The van der Waals surface area contributed by atoms with E-state index < -0.39 is 5.91 Å². The Morgan fingerprint density at radius 1 is 1.31 bits per heavy atom. The molecule has 1 aromatic carbocycles. The molecule has 2 rings (SSSR count). The minimum Gasteiger partial charge on any atom is -0.321 e. The number of benzene rings is 1. The monoisotopic (exact) mass is 270 g/mol. The number of rotatable bonds is 2. The Hall–Kier alpha value is -1.62. The Bertz CT molecular complexity index is 457. The number of hydrogen-bond donors (Lipinski definition) is 2. The number of nitrogens with zero attached hydrogens (tertiary/aromatic N) is 2. The van der Waals surface area contributed by atoms with Crippen LogP contribution in [0.2, 0.25) is 0 Å². The summed E-state index contributed by atoms with van der Waals surface area (Å²) in [5.41, 5.74) is 0.684. The molecule has 0 unspecified atom stereocenters. The molecule has 7 heteroatoms. The normalized spacial score (nSPS) is 9.31. The molecule has 16 heavy (non-hydrogen) atoms. The molecule has 0 bridgehead atoms. The standard InChI is InChI=1S/C9H7FN4O.Zn/c10-6-1-3-7(4-2-6)12-9(15)8-5-11-14-13-8;/h1-5H,(H,12,15)(H,11,13,14);. The van der Waals surface area contributed by atoms with Gasteiger partial charge in [-0.1, -0.05) is 0 Å². The van der Waals surface area contributed by atoms with E-state index in [0.29, 0.717) is 5.69 Å². The summed E-state index contributed by atoms with van der Waals surface area (Å²) in [6.07, 6.45) is 1.30. The van der Waals surface area contributed by atoms with Gasteiger partial charge >= 0.3 is 0 Å². The zero-order valence-corrected chi connectivity index (χ0v) is 11.2. The summed E-state index contributed by atoms with van der Waals surface area (Å²) in [4.78, 5) is 11.4. The number of aromatic amines is 1. The van der Waals surface area contributed by atoms with Crippen molar-refractivity contribution in [3.63, 3.8) is 0 Å². The fraction of sp³-hybridized carbons (Fsp3) is 0. The largest absolute Gasteiger partial charge is 0.321 e. The van der Waals surface area contributed by atoms with Crippen LogP contribution in [0.1, 0.15) is 10.5 Å². The third-order valence-electron chi connectivity index (χ3n) is 1.75. The summed E-state index contributed by atoms with van der Waals surface area (Å²) in [7, 11) is 0. The number of nitrogens with one attached hydrogen (secondary N) is 2. The van der Waals surface area contributed by atoms with Crippen LogP contribution in [-0.4, -0.2) is 21.3 Å². The van der Waals surface area contributed by atoms with Gasteiger partial charge in [0.1, 0.15) is 5.82 Å². The van der Waals surface area contributed by atoms with E-state index in [1.165, 1.54) is 30.5 Å². The zero-order valence-electron chi connectivity index (χ0n) is 8.27. The average molecular weight is 272 g/mol. The minimum atomic E-state index is -0.393. The molecule has 1 aromatic heterocycles. The number of aromatic nitrogens is 3. The Morgan fingerprint density at radius 2 is 2.00 bits per heavy atom. The summed E-state index contributed by atoms with van der Waals surface area (Å²) in [5, 5.41) is 12.0. The van der Waals surface area contributed by atoms with Crippen LogP contribution in [-0.2, 0) is 19.5 Å². The molecule has 0 radical (unpaired) electrons. The summed E-state index contributed by atoms with van der Waals surface area (Å²) in [6.45, 7) is 0. The van der Waals surface area contributed by atoms with Crippen molar-refractivity contribution in [1.82, 2.24) is 15.4 Å². The first kappa shape index (κ1) is 12.5. The SMILES string of the molecule is O=C(Nc1ccc(F)cc1)c1cn[nH]n1.[Zn]. The average Bonchev–Trinajstić information content (AvgIpc) is 2.74. The fourth-order valence-electron chi connectivity index (χ4n) is 1.04. The Labute approximate surface area is 103 Å². The van der Waals surface area contributed by atoms with Crippen LogP contribution >= 0.6 is 0 Å². The van der Waals surface area contributed by atoms with Crippen LogP contribution in [0, 0.1) is 5.82 Å². The third-order valence-corrected chi connectivity index (χ3v) is 1.75. The number of carbonyl (C=O) groups is 1. The Kier molecular flexibility index (Phi) is 4.25.